The van der Waals surface area contributed by atoms with Gasteiger partial charge in [0.2, 0.25) is 0 Å². The number of carbonyl (C=O) groups is 1. The highest BCUT2D eigenvalue weighted by Crippen LogP contribution is 2.49. The van der Waals surface area contributed by atoms with E-state index < -0.39 is 13.4 Å². The average Bonchev–Trinajstić information content (AvgIpc) is 2.35. The van der Waals surface area contributed by atoms with Crippen LogP contribution in [0.5, 0.6) is 5.75 Å². The summed E-state index contributed by atoms with van der Waals surface area (Å²) in [6, 6.07) is 4.25. The minimum Gasteiger partial charge on any atom is -0.507 e. The van der Waals surface area contributed by atoms with E-state index >= 15 is 0 Å². The van der Waals surface area contributed by atoms with Crippen LogP contribution in [0.4, 0.5) is 0 Å². The average molecular weight is 302 g/mol. The number of phosphoric acid groups is 1. The standard InChI is InChI=1S/C13H19O6P/c1-4-13(5-2,19-20(16,17)18)10-6-7-12(15)11(8-10)9(3)14/h6-8,15H,4-5H2,1-3H3,(H2,16,17,18). The molecule has 0 aliphatic rings. The van der Waals surface area contributed by atoms with Crippen molar-refractivity contribution in [3.8, 4) is 5.75 Å². The highest BCUT2D eigenvalue weighted by molar-refractivity contribution is 7.46. The van der Waals surface area contributed by atoms with Gasteiger partial charge in [0.25, 0.3) is 0 Å². The second kappa shape index (κ2) is 6.06. The fourth-order valence-electron chi connectivity index (χ4n) is 2.17. The third kappa shape index (κ3) is 3.67. The Morgan fingerprint density at radius 1 is 1.30 bits per heavy atom. The van der Waals surface area contributed by atoms with E-state index in [0.717, 1.165) is 0 Å². The minimum absolute atomic E-state index is 0.100. The van der Waals surface area contributed by atoms with Crippen LogP contribution in [0.3, 0.4) is 0 Å². The van der Waals surface area contributed by atoms with E-state index in [1.807, 2.05) is 0 Å². The maximum absolute atomic E-state index is 11.5. The normalized spacial score (nSPS) is 12.4. The number of hydrogen-bond acceptors (Lipinski definition) is 4. The Balaban J connectivity index is 3.39. The van der Waals surface area contributed by atoms with E-state index in [4.69, 9.17) is 14.3 Å². The lowest BCUT2D eigenvalue weighted by Crippen LogP contribution is -2.27. The minimum atomic E-state index is -4.68. The molecule has 0 aliphatic heterocycles. The van der Waals surface area contributed by atoms with Crippen LogP contribution in [0.15, 0.2) is 18.2 Å². The number of carbonyl (C=O) groups excluding carboxylic acids is 1. The smallest absolute Gasteiger partial charge is 0.470 e. The van der Waals surface area contributed by atoms with Crippen molar-refractivity contribution in [2.24, 2.45) is 0 Å². The van der Waals surface area contributed by atoms with Crippen LogP contribution in [0.25, 0.3) is 0 Å². The van der Waals surface area contributed by atoms with E-state index in [2.05, 4.69) is 0 Å². The van der Waals surface area contributed by atoms with Crippen molar-refractivity contribution in [1.29, 1.82) is 0 Å². The van der Waals surface area contributed by atoms with Gasteiger partial charge in [-0.3, -0.25) is 9.32 Å². The quantitative estimate of drug-likeness (QED) is 0.551. The molecule has 6 nitrogen and oxygen atoms in total. The third-order valence-electron chi connectivity index (χ3n) is 3.34. The maximum Gasteiger partial charge on any atom is 0.470 e. The summed E-state index contributed by atoms with van der Waals surface area (Å²) in [6.45, 7) is 4.78. The summed E-state index contributed by atoms with van der Waals surface area (Å²) in [5, 5.41) is 9.63. The number of phenolic OH excluding ortho intramolecular Hbond substituents is 1. The number of aromatic hydroxyl groups is 1. The zero-order valence-corrected chi connectivity index (χ0v) is 12.6. The summed E-state index contributed by atoms with van der Waals surface area (Å²) >= 11 is 0. The van der Waals surface area contributed by atoms with Crippen molar-refractivity contribution in [2.45, 2.75) is 39.2 Å². The van der Waals surface area contributed by atoms with Gasteiger partial charge in [-0.15, -0.1) is 0 Å². The van der Waals surface area contributed by atoms with Crippen LogP contribution in [-0.2, 0) is 14.7 Å². The molecule has 1 rings (SSSR count). The van der Waals surface area contributed by atoms with Crippen LogP contribution in [0.2, 0.25) is 0 Å². The molecule has 1 aromatic rings. The van der Waals surface area contributed by atoms with E-state index in [-0.39, 0.29) is 17.1 Å². The molecule has 0 saturated carbocycles. The molecule has 0 spiro atoms. The SMILES string of the molecule is CCC(CC)(OP(=O)(O)O)c1ccc(O)c(C(C)=O)c1. The molecule has 0 bridgehead atoms. The van der Waals surface area contributed by atoms with Crippen LogP contribution in [0.1, 0.15) is 49.5 Å². The molecule has 0 aliphatic carbocycles. The van der Waals surface area contributed by atoms with Gasteiger partial charge in [-0.2, -0.15) is 0 Å². The molecule has 0 fully saturated rings. The van der Waals surface area contributed by atoms with Gasteiger partial charge in [0.15, 0.2) is 5.78 Å². The Morgan fingerprint density at radius 3 is 2.25 bits per heavy atom. The Morgan fingerprint density at radius 2 is 1.85 bits per heavy atom. The van der Waals surface area contributed by atoms with Gasteiger partial charge >= 0.3 is 7.82 Å². The lowest BCUT2D eigenvalue weighted by atomic mass is 9.87. The molecule has 7 heteroatoms. The highest BCUT2D eigenvalue weighted by atomic mass is 31.2. The van der Waals surface area contributed by atoms with Crippen molar-refractivity contribution < 1.29 is 28.8 Å². The van der Waals surface area contributed by atoms with E-state index in [9.17, 15) is 14.5 Å². The van der Waals surface area contributed by atoms with Crippen LogP contribution in [-0.4, -0.2) is 20.7 Å². The molecule has 0 amide bonds. The summed E-state index contributed by atoms with van der Waals surface area (Å²) in [7, 11) is -4.68. The first-order valence-electron chi connectivity index (χ1n) is 6.26. The molecule has 0 heterocycles. The lowest BCUT2D eigenvalue weighted by molar-refractivity contribution is 0.0230. The highest BCUT2D eigenvalue weighted by Gasteiger charge is 2.37. The Hall–Kier alpha value is -1.20. The van der Waals surface area contributed by atoms with Gasteiger partial charge in [-0.05, 0) is 37.5 Å². The molecule has 0 saturated heterocycles. The van der Waals surface area contributed by atoms with Gasteiger partial charge in [0, 0.05) is 0 Å². The van der Waals surface area contributed by atoms with E-state index in [1.54, 1.807) is 13.8 Å². The fourth-order valence-corrected chi connectivity index (χ4v) is 2.99. The molecule has 112 valence electrons. The molecule has 0 atom stereocenters. The summed E-state index contributed by atoms with van der Waals surface area (Å²) in [4.78, 5) is 29.6. The second-order valence-electron chi connectivity index (χ2n) is 4.57. The predicted molar refractivity (Wildman–Crippen MR) is 73.5 cm³/mol. The Kier molecular flexibility index (Phi) is 5.10. The van der Waals surface area contributed by atoms with Crippen LogP contribution < -0.4 is 0 Å². The van der Waals surface area contributed by atoms with Crippen LogP contribution >= 0.6 is 7.82 Å². The number of rotatable bonds is 6. The first-order valence-corrected chi connectivity index (χ1v) is 7.79. The van der Waals surface area contributed by atoms with Crippen molar-refractivity contribution in [1.82, 2.24) is 0 Å². The van der Waals surface area contributed by atoms with E-state index in [0.29, 0.717) is 18.4 Å². The molecular formula is C13H19O6P. The first kappa shape index (κ1) is 16.9. The number of benzene rings is 1. The first-order chi connectivity index (χ1) is 9.15. The Bertz CT molecular complexity index is 544. The summed E-state index contributed by atoms with van der Waals surface area (Å²) in [5.41, 5.74) is -0.645. The number of phenols is 1. The predicted octanol–water partition coefficient (Wildman–Crippen LogP) is 2.72. The van der Waals surface area contributed by atoms with Gasteiger partial charge < -0.3 is 14.9 Å². The summed E-state index contributed by atoms with van der Waals surface area (Å²) < 4.78 is 16.1. The number of hydrogen-bond donors (Lipinski definition) is 3. The third-order valence-corrected chi connectivity index (χ3v) is 3.93. The van der Waals surface area contributed by atoms with Gasteiger partial charge in [0.1, 0.15) is 11.4 Å². The molecule has 0 unspecified atom stereocenters. The molecule has 0 radical (unpaired) electrons. The van der Waals surface area contributed by atoms with Crippen molar-refractivity contribution >= 4 is 13.6 Å². The van der Waals surface area contributed by atoms with Crippen molar-refractivity contribution in [3.63, 3.8) is 0 Å². The molecule has 0 aromatic heterocycles. The van der Waals surface area contributed by atoms with Crippen LogP contribution in [0, 0.1) is 0 Å². The number of Topliss-reactive ketones (excluding diaryl/α,β-unsaturated/α-hetero) is 1. The molecular weight excluding hydrogens is 283 g/mol. The lowest BCUT2D eigenvalue weighted by Gasteiger charge is -2.32. The van der Waals surface area contributed by atoms with Crippen molar-refractivity contribution in [2.75, 3.05) is 0 Å². The summed E-state index contributed by atoms with van der Waals surface area (Å²) in [6.07, 6.45) is 0.632. The van der Waals surface area contributed by atoms with Gasteiger partial charge in [0.05, 0.1) is 5.56 Å². The van der Waals surface area contributed by atoms with Gasteiger partial charge in [-0.1, -0.05) is 19.9 Å². The van der Waals surface area contributed by atoms with Crippen molar-refractivity contribution in [3.05, 3.63) is 29.3 Å². The van der Waals surface area contributed by atoms with Gasteiger partial charge in [-0.25, -0.2) is 4.57 Å². The maximum atomic E-state index is 11.5. The summed E-state index contributed by atoms with van der Waals surface area (Å²) in [5.74, 6) is -0.500. The monoisotopic (exact) mass is 302 g/mol. The molecule has 20 heavy (non-hydrogen) atoms. The second-order valence-corrected chi connectivity index (χ2v) is 5.74. The zero-order valence-electron chi connectivity index (χ0n) is 11.7. The fraction of sp³-hybridized carbons (Fsp3) is 0.462. The molecule has 3 N–H and O–H groups in total. The largest absolute Gasteiger partial charge is 0.507 e. The number of phosphoric ester groups is 1. The Labute approximate surface area is 117 Å². The number of ketones is 1. The topological polar surface area (TPSA) is 104 Å². The molecule has 1 aromatic carbocycles. The van der Waals surface area contributed by atoms with E-state index in [1.165, 1.54) is 25.1 Å². The zero-order chi connectivity index (χ0) is 15.6.